The molecular formula is C13H12F5N2O4-. The molecule has 11 heteroatoms. The summed E-state index contributed by atoms with van der Waals surface area (Å²) in [6.07, 6.45) is -4.78. The van der Waals surface area contributed by atoms with E-state index in [2.05, 4.69) is 9.72 Å². The van der Waals surface area contributed by atoms with Crippen molar-refractivity contribution in [2.24, 2.45) is 0 Å². The van der Waals surface area contributed by atoms with Gasteiger partial charge in [-0.1, -0.05) is 6.92 Å². The van der Waals surface area contributed by atoms with Gasteiger partial charge < -0.3 is 19.5 Å². The molecule has 6 nitrogen and oxygen atoms in total. The van der Waals surface area contributed by atoms with Crippen molar-refractivity contribution >= 4 is 11.9 Å². The topological polar surface area (TPSA) is 82.6 Å². The Bertz CT molecular complexity index is 634. The summed E-state index contributed by atoms with van der Waals surface area (Å²) in [6.45, 7) is -2.08. The van der Waals surface area contributed by atoms with Gasteiger partial charge in [-0.05, 0) is 19.2 Å². The van der Waals surface area contributed by atoms with E-state index in [0.717, 1.165) is 0 Å². The van der Waals surface area contributed by atoms with Crippen LogP contribution in [0.4, 0.5) is 22.0 Å². The van der Waals surface area contributed by atoms with E-state index >= 15 is 0 Å². The van der Waals surface area contributed by atoms with Crippen LogP contribution in [0.3, 0.4) is 0 Å². The second-order valence-corrected chi connectivity index (χ2v) is 4.66. The summed E-state index contributed by atoms with van der Waals surface area (Å²) in [4.78, 5) is 27.1. The number of carbonyl (C=O) groups is 2. The maximum absolute atomic E-state index is 12.9. The van der Waals surface area contributed by atoms with Crippen LogP contribution in [-0.4, -0.2) is 42.0 Å². The number of hydrogen-bond donors (Lipinski definition) is 0. The Morgan fingerprint density at radius 3 is 2.38 bits per heavy atom. The third-order valence-electron chi connectivity index (χ3n) is 3.04. The van der Waals surface area contributed by atoms with Crippen molar-refractivity contribution in [1.82, 2.24) is 9.88 Å². The zero-order chi connectivity index (χ0) is 18.7. The van der Waals surface area contributed by atoms with Crippen LogP contribution in [-0.2, 0) is 17.5 Å². The Balaban J connectivity index is 3.63. The van der Waals surface area contributed by atoms with E-state index < -0.39 is 53.7 Å². The number of carboxylic acids is 1. The molecule has 0 aliphatic rings. The molecule has 1 aromatic rings. The van der Waals surface area contributed by atoms with Gasteiger partial charge in [-0.25, -0.2) is 4.79 Å². The number of nitrogens with zero attached hydrogens (tertiary/aromatic N) is 2. The monoisotopic (exact) mass is 355 g/mol. The molecular weight excluding hydrogens is 343 g/mol. The quantitative estimate of drug-likeness (QED) is 0.565. The van der Waals surface area contributed by atoms with Gasteiger partial charge in [0.1, 0.15) is 0 Å². The molecule has 24 heavy (non-hydrogen) atoms. The molecule has 0 bridgehead atoms. The molecule has 0 saturated carbocycles. The molecule has 0 aromatic carbocycles. The minimum Gasteiger partial charge on any atom is -0.545 e. The number of carbonyl (C=O) groups excluding carboxylic acids is 2. The van der Waals surface area contributed by atoms with Crippen molar-refractivity contribution in [3.05, 3.63) is 28.6 Å². The summed E-state index contributed by atoms with van der Waals surface area (Å²) in [5.41, 5.74) is -4.63. The molecule has 1 heterocycles. The first kappa shape index (κ1) is 19.7. The van der Waals surface area contributed by atoms with Gasteiger partial charge in [0.15, 0.2) is 5.69 Å². The summed E-state index contributed by atoms with van der Waals surface area (Å²) in [5.74, 6) is -3.92. The molecule has 134 valence electrons. The largest absolute Gasteiger partial charge is 0.545 e. The fourth-order valence-electron chi connectivity index (χ4n) is 1.85. The Kier molecular flexibility index (Phi) is 6.18. The Morgan fingerprint density at radius 1 is 1.38 bits per heavy atom. The lowest BCUT2D eigenvalue weighted by Crippen LogP contribution is -2.32. The summed E-state index contributed by atoms with van der Waals surface area (Å²) in [6, 6.07) is 0. The van der Waals surface area contributed by atoms with Crippen LogP contribution in [0.2, 0.25) is 0 Å². The fraction of sp³-hybridized carbons (Fsp3) is 0.462. The van der Waals surface area contributed by atoms with E-state index in [1.807, 2.05) is 0 Å². The average Bonchev–Trinajstić information content (AvgIpc) is 2.44. The normalized spacial score (nSPS) is 11.9. The maximum atomic E-state index is 12.9. The molecule has 0 atom stereocenters. The van der Waals surface area contributed by atoms with E-state index in [1.54, 1.807) is 6.92 Å². The van der Waals surface area contributed by atoms with E-state index in [0.29, 0.717) is 6.20 Å². The Labute approximate surface area is 132 Å². The van der Waals surface area contributed by atoms with E-state index in [1.165, 1.54) is 11.9 Å². The highest BCUT2D eigenvalue weighted by molar-refractivity contribution is 5.97. The van der Waals surface area contributed by atoms with Gasteiger partial charge in [-0.3, -0.25) is 4.98 Å². The lowest BCUT2D eigenvalue weighted by atomic mass is 10.00. The molecule has 0 unspecified atom stereocenters. The second-order valence-electron chi connectivity index (χ2n) is 4.66. The van der Waals surface area contributed by atoms with Gasteiger partial charge in [0.2, 0.25) is 0 Å². The number of aromatic carboxylic acids is 1. The van der Waals surface area contributed by atoms with Crippen molar-refractivity contribution < 1.29 is 41.4 Å². The first-order valence-electron chi connectivity index (χ1n) is 6.47. The third kappa shape index (κ3) is 4.60. The van der Waals surface area contributed by atoms with E-state index in [9.17, 15) is 36.6 Å². The SMILES string of the molecule is CCN(C)Cc1c(C(=O)OC(F)F)cnc(C(F)(F)F)c1C(=O)[O-]. The van der Waals surface area contributed by atoms with Gasteiger partial charge in [0, 0.05) is 18.3 Å². The number of pyridine rings is 1. The minimum absolute atomic E-state index is 0.277. The van der Waals surface area contributed by atoms with Crippen LogP contribution < -0.4 is 5.11 Å². The highest BCUT2D eigenvalue weighted by atomic mass is 19.4. The molecule has 0 spiro atoms. The number of esters is 1. The fourth-order valence-corrected chi connectivity index (χ4v) is 1.85. The first-order chi connectivity index (χ1) is 11.0. The predicted molar refractivity (Wildman–Crippen MR) is 67.0 cm³/mol. The Morgan fingerprint density at radius 2 is 1.96 bits per heavy atom. The van der Waals surface area contributed by atoms with E-state index in [4.69, 9.17) is 0 Å². The van der Waals surface area contributed by atoms with Crippen LogP contribution in [0.25, 0.3) is 0 Å². The number of ether oxygens (including phenoxy) is 1. The first-order valence-corrected chi connectivity index (χ1v) is 6.47. The lowest BCUT2D eigenvalue weighted by Gasteiger charge is -2.22. The van der Waals surface area contributed by atoms with Crippen LogP contribution in [0.1, 0.15) is 38.9 Å². The standard InChI is InChI=1S/C13H13F5N2O4/c1-3-20(2)5-7-6(11(23)24-12(14)15)4-19-9(13(16,17)18)8(7)10(21)22/h4,12H,3,5H2,1-2H3,(H,21,22)/p-1. The van der Waals surface area contributed by atoms with Crippen molar-refractivity contribution in [2.45, 2.75) is 26.3 Å². The van der Waals surface area contributed by atoms with Crippen molar-refractivity contribution in [3.63, 3.8) is 0 Å². The molecule has 0 amide bonds. The van der Waals surface area contributed by atoms with Crippen LogP contribution >= 0.6 is 0 Å². The predicted octanol–water partition coefficient (Wildman–Crippen LogP) is 1.29. The molecule has 1 rings (SSSR count). The molecule has 0 aliphatic heterocycles. The third-order valence-corrected chi connectivity index (χ3v) is 3.04. The summed E-state index contributed by atoms with van der Waals surface area (Å²) in [5, 5.41) is 11.2. The molecule has 0 aliphatic carbocycles. The number of rotatable bonds is 6. The van der Waals surface area contributed by atoms with Crippen molar-refractivity contribution in [1.29, 1.82) is 0 Å². The summed E-state index contributed by atoms with van der Waals surface area (Å²) >= 11 is 0. The molecule has 0 radical (unpaired) electrons. The highest BCUT2D eigenvalue weighted by Crippen LogP contribution is 2.33. The summed E-state index contributed by atoms with van der Waals surface area (Å²) in [7, 11) is 1.43. The molecule has 1 aromatic heterocycles. The van der Waals surface area contributed by atoms with Gasteiger partial charge in [-0.15, -0.1) is 0 Å². The van der Waals surface area contributed by atoms with Crippen LogP contribution in [0.5, 0.6) is 0 Å². The lowest BCUT2D eigenvalue weighted by molar-refractivity contribution is -0.256. The average molecular weight is 355 g/mol. The van der Waals surface area contributed by atoms with Gasteiger partial charge in [-0.2, -0.15) is 22.0 Å². The Hall–Kier alpha value is -2.30. The zero-order valence-electron chi connectivity index (χ0n) is 12.5. The van der Waals surface area contributed by atoms with Gasteiger partial charge >= 0.3 is 18.8 Å². The van der Waals surface area contributed by atoms with E-state index in [-0.39, 0.29) is 6.54 Å². The van der Waals surface area contributed by atoms with Crippen molar-refractivity contribution in [2.75, 3.05) is 13.6 Å². The number of aromatic nitrogens is 1. The van der Waals surface area contributed by atoms with Gasteiger partial charge in [0.05, 0.1) is 11.5 Å². The summed E-state index contributed by atoms with van der Waals surface area (Å²) < 4.78 is 66.8. The second kappa shape index (κ2) is 7.51. The minimum atomic E-state index is -5.14. The highest BCUT2D eigenvalue weighted by Gasteiger charge is 2.38. The molecule has 0 N–H and O–H groups in total. The maximum Gasteiger partial charge on any atom is 0.434 e. The van der Waals surface area contributed by atoms with Crippen LogP contribution in [0.15, 0.2) is 6.20 Å². The molecule has 0 saturated heterocycles. The molecule has 0 fully saturated rings. The zero-order valence-corrected chi connectivity index (χ0v) is 12.5. The number of alkyl halides is 5. The van der Waals surface area contributed by atoms with Crippen LogP contribution in [0, 0.1) is 0 Å². The van der Waals surface area contributed by atoms with Gasteiger partial charge in [0.25, 0.3) is 0 Å². The number of hydrogen-bond acceptors (Lipinski definition) is 6. The number of carboxylic acid groups (broad SMARTS) is 1. The number of halogens is 5. The van der Waals surface area contributed by atoms with Crippen molar-refractivity contribution in [3.8, 4) is 0 Å². The smallest absolute Gasteiger partial charge is 0.434 e.